The molecule has 3 aliphatic heterocycles. The lowest BCUT2D eigenvalue weighted by atomic mass is 9.94. The summed E-state index contributed by atoms with van der Waals surface area (Å²) in [6.45, 7) is 11.2. The molecule has 1 N–H and O–H groups in total. The molecule has 12 heteroatoms. The van der Waals surface area contributed by atoms with E-state index in [1.807, 2.05) is 23.2 Å². The zero-order valence-corrected chi connectivity index (χ0v) is 27.2. The van der Waals surface area contributed by atoms with Crippen LogP contribution in [0.25, 0.3) is 32.9 Å². The normalized spacial score (nSPS) is 18.8. The van der Waals surface area contributed by atoms with Gasteiger partial charge in [-0.2, -0.15) is 15.1 Å². The van der Waals surface area contributed by atoms with E-state index < -0.39 is 0 Å². The van der Waals surface area contributed by atoms with Crippen LogP contribution in [-0.4, -0.2) is 108 Å². The molecule has 0 aliphatic carbocycles. The molecule has 0 bridgehead atoms. The number of ether oxygens (including phenoxy) is 3. The SMILES string of the molecule is C=CC(=O)N1CCN(c2nc(OC3CCN(C)CC3)nc3c(OC4CCOCC4)c(-c4c(C)ccc5[nH]ncc45)c(Cl)cc23)CC1. The number of carbonyl (C=O) groups excluding carboxylic acids is 1. The summed E-state index contributed by atoms with van der Waals surface area (Å²) >= 11 is 7.29. The Labute approximate surface area is 273 Å². The summed E-state index contributed by atoms with van der Waals surface area (Å²) in [6, 6.07) is 6.38. The molecule has 3 saturated heterocycles. The third-order valence-corrected chi connectivity index (χ3v) is 9.69. The van der Waals surface area contributed by atoms with E-state index in [9.17, 15) is 4.79 Å². The second-order valence-electron chi connectivity index (χ2n) is 12.4. The Morgan fingerprint density at radius 2 is 1.74 bits per heavy atom. The second kappa shape index (κ2) is 13.1. The molecule has 1 amide bonds. The Bertz CT molecular complexity index is 1760. The van der Waals surface area contributed by atoms with E-state index in [-0.39, 0.29) is 18.1 Å². The van der Waals surface area contributed by atoms with Gasteiger partial charge in [0.15, 0.2) is 5.75 Å². The molecule has 0 saturated carbocycles. The van der Waals surface area contributed by atoms with Crippen molar-refractivity contribution in [1.82, 2.24) is 30.0 Å². The molecule has 11 nitrogen and oxygen atoms in total. The van der Waals surface area contributed by atoms with Crippen LogP contribution in [-0.2, 0) is 9.53 Å². The molecule has 3 fully saturated rings. The lowest BCUT2D eigenvalue weighted by Gasteiger charge is -2.36. The van der Waals surface area contributed by atoms with Crippen LogP contribution >= 0.6 is 11.6 Å². The number of hydrogen-bond acceptors (Lipinski definition) is 9. The first kappa shape index (κ1) is 30.7. The standard InChI is InChI=1S/C34H40ClN7O4/c1-4-28(43)41-13-15-42(16-14-41)33-24-19-26(35)30(29-21(2)5-6-27-25(29)20-36-39-27)32(45-23-9-17-44-18-10-23)31(24)37-34(38-33)46-22-7-11-40(3)12-8-22/h4-6,19-20,22-23H,1,7-18H2,2-3H3,(H,36,39). The maximum absolute atomic E-state index is 12.4. The topological polar surface area (TPSA) is 109 Å². The molecule has 4 aromatic rings. The Morgan fingerprint density at radius 3 is 2.48 bits per heavy atom. The van der Waals surface area contributed by atoms with Crippen molar-refractivity contribution in [3.63, 3.8) is 0 Å². The van der Waals surface area contributed by atoms with Crippen LogP contribution in [0.2, 0.25) is 5.02 Å². The summed E-state index contributed by atoms with van der Waals surface area (Å²) in [5.41, 5.74) is 4.35. The summed E-state index contributed by atoms with van der Waals surface area (Å²) in [4.78, 5) is 28.8. The lowest BCUT2D eigenvalue weighted by Crippen LogP contribution is -2.48. The number of hydrogen-bond donors (Lipinski definition) is 1. The van der Waals surface area contributed by atoms with Gasteiger partial charge in [0.05, 0.1) is 29.9 Å². The van der Waals surface area contributed by atoms with Gasteiger partial charge in [0.25, 0.3) is 0 Å². The number of piperazine rings is 1. The smallest absolute Gasteiger partial charge is 0.319 e. The number of anilines is 1. The van der Waals surface area contributed by atoms with Gasteiger partial charge in [0.2, 0.25) is 5.91 Å². The first-order valence-corrected chi connectivity index (χ1v) is 16.5. The van der Waals surface area contributed by atoms with Gasteiger partial charge in [-0.3, -0.25) is 9.89 Å². The number of aromatic nitrogens is 4. The number of rotatable bonds is 7. The van der Waals surface area contributed by atoms with Gasteiger partial charge < -0.3 is 28.9 Å². The third-order valence-electron chi connectivity index (χ3n) is 9.40. The number of fused-ring (bicyclic) bond motifs is 2. The number of carbonyl (C=O) groups is 1. The van der Waals surface area contributed by atoms with Gasteiger partial charge in [-0.1, -0.05) is 24.2 Å². The number of halogens is 1. The Balaban J connectivity index is 1.41. The molecule has 242 valence electrons. The fourth-order valence-corrected chi connectivity index (χ4v) is 7.04. The van der Waals surface area contributed by atoms with E-state index in [0.29, 0.717) is 61.7 Å². The number of nitrogens with one attached hydrogen (secondary N) is 1. The predicted octanol–water partition coefficient (Wildman–Crippen LogP) is 5.00. The third kappa shape index (κ3) is 5.99. The van der Waals surface area contributed by atoms with Crippen LogP contribution < -0.4 is 14.4 Å². The van der Waals surface area contributed by atoms with Crippen LogP contribution in [0.15, 0.2) is 37.1 Å². The zero-order chi connectivity index (χ0) is 31.8. The maximum atomic E-state index is 12.4. The molecule has 7 rings (SSSR count). The van der Waals surface area contributed by atoms with E-state index in [2.05, 4.69) is 46.6 Å². The van der Waals surface area contributed by atoms with Gasteiger partial charge in [-0.05, 0) is 50.6 Å². The summed E-state index contributed by atoms with van der Waals surface area (Å²) in [6.07, 6.45) is 6.47. The van der Waals surface area contributed by atoms with Crippen molar-refractivity contribution >= 4 is 45.1 Å². The van der Waals surface area contributed by atoms with E-state index in [0.717, 1.165) is 77.6 Å². The average molecular weight is 646 g/mol. The van der Waals surface area contributed by atoms with Crippen LogP contribution in [0.4, 0.5) is 5.82 Å². The van der Waals surface area contributed by atoms with Crippen molar-refractivity contribution < 1.29 is 19.0 Å². The van der Waals surface area contributed by atoms with Crippen LogP contribution in [0.5, 0.6) is 11.8 Å². The van der Waals surface area contributed by atoms with E-state index in [1.54, 1.807) is 0 Å². The first-order valence-electron chi connectivity index (χ1n) is 16.1. The quantitative estimate of drug-likeness (QED) is 0.278. The number of amides is 1. The molecule has 5 heterocycles. The summed E-state index contributed by atoms with van der Waals surface area (Å²) < 4.78 is 19.2. The van der Waals surface area contributed by atoms with Crippen LogP contribution in [0, 0.1) is 6.92 Å². The van der Waals surface area contributed by atoms with Crippen LogP contribution in [0.1, 0.15) is 31.2 Å². The molecule has 46 heavy (non-hydrogen) atoms. The highest BCUT2D eigenvalue weighted by Gasteiger charge is 2.30. The van der Waals surface area contributed by atoms with E-state index in [1.165, 1.54) is 6.08 Å². The van der Waals surface area contributed by atoms with Gasteiger partial charge in [-0.15, -0.1) is 0 Å². The largest absolute Gasteiger partial charge is 0.487 e. The molecule has 0 unspecified atom stereocenters. The minimum Gasteiger partial charge on any atom is -0.487 e. The molecule has 2 aromatic heterocycles. The lowest BCUT2D eigenvalue weighted by molar-refractivity contribution is -0.126. The number of H-pyrrole nitrogens is 1. The number of aromatic amines is 1. The Morgan fingerprint density at radius 1 is 1.00 bits per heavy atom. The number of nitrogens with zero attached hydrogens (tertiary/aromatic N) is 6. The maximum Gasteiger partial charge on any atom is 0.319 e. The summed E-state index contributed by atoms with van der Waals surface area (Å²) in [5, 5.41) is 9.72. The van der Waals surface area contributed by atoms with Crippen molar-refractivity contribution in [2.75, 3.05) is 64.4 Å². The van der Waals surface area contributed by atoms with Crippen LogP contribution in [0.3, 0.4) is 0 Å². The molecule has 0 radical (unpaired) electrons. The van der Waals surface area contributed by atoms with E-state index in [4.69, 9.17) is 35.8 Å². The Hall–Kier alpha value is -3.93. The summed E-state index contributed by atoms with van der Waals surface area (Å²) in [7, 11) is 2.13. The van der Waals surface area contributed by atoms with Gasteiger partial charge in [0.1, 0.15) is 23.5 Å². The number of benzene rings is 2. The van der Waals surface area contributed by atoms with Crippen molar-refractivity contribution in [2.24, 2.45) is 0 Å². The predicted molar refractivity (Wildman–Crippen MR) is 179 cm³/mol. The van der Waals surface area contributed by atoms with Gasteiger partial charge in [-0.25, -0.2) is 0 Å². The Kier molecular flexibility index (Phi) is 8.72. The number of piperidine rings is 1. The molecule has 2 aromatic carbocycles. The van der Waals surface area contributed by atoms with Crippen molar-refractivity contribution in [2.45, 2.75) is 44.8 Å². The highest BCUT2D eigenvalue weighted by atomic mass is 35.5. The number of likely N-dealkylation sites (tertiary alicyclic amines) is 1. The monoisotopic (exact) mass is 645 g/mol. The minimum atomic E-state index is -0.0675. The van der Waals surface area contributed by atoms with Crippen molar-refractivity contribution in [3.8, 4) is 22.9 Å². The molecule has 0 atom stereocenters. The highest BCUT2D eigenvalue weighted by molar-refractivity contribution is 6.35. The zero-order valence-electron chi connectivity index (χ0n) is 26.4. The number of aryl methyl sites for hydroxylation is 1. The molecular weight excluding hydrogens is 606 g/mol. The van der Waals surface area contributed by atoms with Crippen molar-refractivity contribution in [1.29, 1.82) is 0 Å². The molecule has 3 aliphatic rings. The molecular formula is C34H40ClN7O4. The van der Waals surface area contributed by atoms with Gasteiger partial charge in [0, 0.05) is 74.0 Å². The minimum absolute atomic E-state index is 0.0112. The fraction of sp³-hybridized carbons (Fsp3) is 0.471. The van der Waals surface area contributed by atoms with E-state index >= 15 is 0 Å². The molecule has 0 spiro atoms. The average Bonchev–Trinajstić information content (AvgIpc) is 3.56. The van der Waals surface area contributed by atoms with Crippen molar-refractivity contribution in [3.05, 3.63) is 47.6 Å². The highest BCUT2D eigenvalue weighted by Crippen LogP contribution is 2.48. The first-order chi connectivity index (χ1) is 22.4. The summed E-state index contributed by atoms with van der Waals surface area (Å²) in [5.74, 6) is 1.27. The second-order valence-corrected chi connectivity index (χ2v) is 12.9. The van der Waals surface area contributed by atoms with Gasteiger partial charge >= 0.3 is 6.01 Å². The fourth-order valence-electron chi connectivity index (χ4n) is 6.75.